The van der Waals surface area contributed by atoms with Gasteiger partial charge in [0, 0.05) is 53.6 Å². The minimum absolute atomic E-state index is 0.0000383. The molecule has 0 spiro atoms. The van der Waals surface area contributed by atoms with Gasteiger partial charge in [0.25, 0.3) is 5.56 Å². The number of hydrogen-bond acceptors (Lipinski definition) is 7. The number of likely N-dealkylation sites (N-methyl/N-ethyl adjacent to an activating group) is 1. The van der Waals surface area contributed by atoms with Crippen LogP contribution in [-0.2, 0) is 28.9 Å². The first-order valence-electron chi connectivity index (χ1n) is 16.8. The number of fused-ring (bicyclic) bond motifs is 2. The number of aryl methyl sites for hydroxylation is 2. The second-order valence-electron chi connectivity index (χ2n) is 14.6. The summed E-state index contributed by atoms with van der Waals surface area (Å²) in [6, 6.07) is 0.196. The predicted molar refractivity (Wildman–Crippen MR) is 168 cm³/mol. The summed E-state index contributed by atoms with van der Waals surface area (Å²) < 4.78 is 36.2. The minimum atomic E-state index is -2.59. The van der Waals surface area contributed by atoms with Crippen LogP contribution < -0.4 is 10.9 Å². The molecule has 6 rings (SSSR count). The van der Waals surface area contributed by atoms with Crippen molar-refractivity contribution >= 4 is 17.7 Å². The predicted octanol–water partition coefficient (Wildman–Crippen LogP) is 4.53. The lowest BCUT2D eigenvalue weighted by Crippen LogP contribution is -2.57. The first-order valence-corrected chi connectivity index (χ1v) is 17.9. The number of carboxylic acids is 1. The van der Waals surface area contributed by atoms with E-state index in [-0.39, 0.29) is 59.8 Å². The molecule has 0 aromatic carbocycles. The number of rotatable bonds is 8. The Morgan fingerprint density at radius 1 is 1.18 bits per heavy atom. The number of nitrogens with zero attached hydrogens (tertiary/aromatic N) is 3. The molecule has 2 N–H and O–H groups in total. The van der Waals surface area contributed by atoms with Crippen LogP contribution in [0, 0.1) is 30.6 Å². The van der Waals surface area contributed by atoms with Crippen LogP contribution in [0.25, 0.3) is 0 Å². The van der Waals surface area contributed by atoms with Gasteiger partial charge in [-0.25, -0.2) is 13.8 Å². The summed E-state index contributed by atoms with van der Waals surface area (Å²) in [7, 11) is 1.94. The highest BCUT2D eigenvalue weighted by Gasteiger charge is 2.51. The Kier molecular flexibility index (Phi) is 9.51. The molecule has 0 radical (unpaired) electrons. The Labute approximate surface area is 264 Å². The van der Waals surface area contributed by atoms with Crippen molar-refractivity contribution in [3.8, 4) is 0 Å². The molecule has 10 atom stereocenters. The highest BCUT2D eigenvalue weighted by molar-refractivity contribution is 8.00. The van der Waals surface area contributed by atoms with Gasteiger partial charge in [0.05, 0.1) is 30.9 Å². The average Bonchev–Trinajstić information content (AvgIpc) is 3.57. The third-order valence-corrected chi connectivity index (χ3v) is 13.2. The maximum atomic E-state index is 13.9. The molecule has 44 heavy (non-hydrogen) atoms. The van der Waals surface area contributed by atoms with E-state index in [0.717, 1.165) is 43.4 Å². The number of halogens is 2. The topological polar surface area (TPSA) is 96.7 Å². The maximum absolute atomic E-state index is 13.9. The highest BCUT2D eigenvalue weighted by Crippen LogP contribution is 2.48. The Hall–Kier alpha value is -1.56. The summed E-state index contributed by atoms with van der Waals surface area (Å²) >= 11 is 1.82. The van der Waals surface area contributed by atoms with Crippen molar-refractivity contribution in [2.24, 2.45) is 23.7 Å². The number of ether oxygens (including phenoxy) is 1. The second-order valence-corrected chi connectivity index (χ2v) is 15.8. The molecule has 4 fully saturated rings. The van der Waals surface area contributed by atoms with Crippen molar-refractivity contribution in [2.75, 3.05) is 19.4 Å². The number of thioether (sulfide) groups is 1. The number of aromatic nitrogens is 2. The fourth-order valence-electron chi connectivity index (χ4n) is 9.18. The molecule has 1 aromatic rings. The van der Waals surface area contributed by atoms with Gasteiger partial charge in [-0.1, -0.05) is 6.92 Å². The number of hydrogen-bond donors (Lipinski definition) is 2. The molecule has 3 heterocycles. The molecule has 2 saturated heterocycles. The first kappa shape index (κ1) is 32.4. The second kappa shape index (κ2) is 12.9. The molecule has 2 saturated carbocycles. The van der Waals surface area contributed by atoms with E-state index in [1.165, 1.54) is 0 Å². The Morgan fingerprint density at radius 3 is 2.70 bits per heavy atom. The number of aliphatic carboxylic acids is 1. The molecular weight excluding hydrogens is 586 g/mol. The highest BCUT2D eigenvalue weighted by atomic mass is 32.2. The van der Waals surface area contributed by atoms with Gasteiger partial charge in [-0.3, -0.25) is 19.1 Å². The molecule has 3 aliphatic carbocycles. The van der Waals surface area contributed by atoms with Gasteiger partial charge in [-0.15, -0.1) is 0 Å². The van der Waals surface area contributed by atoms with Gasteiger partial charge >= 0.3 is 5.97 Å². The van der Waals surface area contributed by atoms with Crippen molar-refractivity contribution in [3.05, 3.63) is 27.4 Å². The summed E-state index contributed by atoms with van der Waals surface area (Å²) in [6.07, 6.45) is 6.72. The van der Waals surface area contributed by atoms with Crippen LogP contribution in [0.5, 0.6) is 0 Å². The van der Waals surface area contributed by atoms with Crippen molar-refractivity contribution < 1.29 is 23.4 Å². The zero-order valence-electron chi connectivity index (χ0n) is 26.6. The van der Waals surface area contributed by atoms with Gasteiger partial charge < -0.3 is 15.2 Å². The number of alkyl halides is 2. The molecule has 2 aliphatic heterocycles. The molecular formula is C33H50F2N4O4S. The summed E-state index contributed by atoms with van der Waals surface area (Å²) in [5.41, 5.74) is 1.57. The van der Waals surface area contributed by atoms with E-state index in [4.69, 9.17) is 9.72 Å². The van der Waals surface area contributed by atoms with E-state index in [9.17, 15) is 23.5 Å². The first-order chi connectivity index (χ1) is 20.9. The Morgan fingerprint density at radius 2 is 1.98 bits per heavy atom. The largest absolute Gasteiger partial charge is 0.481 e. The normalized spacial score (nSPS) is 38.4. The standard InChI is InChI=1S/C33H50F2N4O4S/c1-18-5-8-28(23(13-18)24-14-19(2)36-29-26(32(41)42)17-44-30(24)29)43-12-11-39-20(3)37-27-7-6-21(15-25(27)31(39)40)38(4)22-9-10-33(34,35)16-22/h18-19,21-24,26,28-30,36H,5-17H2,1-4H3,(H,41,42)/t18?,19?,21-,22?,23?,24?,26?,28?,29?,30?/m1/s1. The SMILES string of the molecule is Cc1nc2c(c(=O)n1CCOC1CCC(C)CC1C1CC(C)NC3C(C(=O)O)CSC13)C[C@H](N(C)C1CCC(F)(F)C1)CC2. The fourth-order valence-corrected chi connectivity index (χ4v) is 11.0. The van der Waals surface area contributed by atoms with Crippen LogP contribution in [0.4, 0.5) is 8.78 Å². The van der Waals surface area contributed by atoms with Crippen molar-refractivity contribution in [1.29, 1.82) is 0 Å². The number of carboxylic acid groups (broad SMARTS) is 1. The molecule has 0 amide bonds. The molecule has 246 valence electrons. The molecule has 11 heteroatoms. The summed E-state index contributed by atoms with van der Waals surface area (Å²) in [4.78, 5) is 32.7. The van der Waals surface area contributed by atoms with E-state index >= 15 is 0 Å². The van der Waals surface area contributed by atoms with Gasteiger partial charge in [0.2, 0.25) is 5.92 Å². The van der Waals surface area contributed by atoms with E-state index in [2.05, 4.69) is 24.1 Å². The van der Waals surface area contributed by atoms with Crippen molar-refractivity contribution in [2.45, 2.75) is 133 Å². The molecule has 5 aliphatic rings. The van der Waals surface area contributed by atoms with Crippen LogP contribution in [0.1, 0.15) is 82.3 Å². The van der Waals surface area contributed by atoms with Crippen LogP contribution in [0.15, 0.2) is 4.79 Å². The monoisotopic (exact) mass is 636 g/mol. The third kappa shape index (κ3) is 6.49. The van der Waals surface area contributed by atoms with Crippen molar-refractivity contribution in [1.82, 2.24) is 19.8 Å². The Balaban J connectivity index is 1.13. The third-order valence-electron chi connectivity index (χ3n) is 11.6. The van der Waals surface area contributed by atoms with Crippen molar-refractivity contribution in [3.63, 3.8) is 0 Å². The average molecular weight is 637 g/mol. The molecule has 9 unspecified atom stereocenters. The summed E-state index contributed by atoms with van der Waals surface area (Å²) in [5.74, 6) is -0.889. The lowest BCUT2D eigenvalue weighted by Gasteiger charge is -2.47. The van der Waals surface area contributed by atoms with E-state index in [0.29, 0.717) is 61.7 Å². The fraction of sp³-hybridized carbons (Fsp3) is 0.848. The summed E-state index contributed by atoms with van der Waals surface area (Å²) in [6.45, 7) is 7.24. The van der Waals surface area contributed by atoms with Gasteiger partial charge in [-0.05, 0) is 90.0 Å². The van der Waals surface area contributed by atoms with Gasteiger partial charge in [0.1, 0.15) is 5.82 Å². The van der Waals surface area contributed by atoms with Crippen LogP contribution in [0.2, 0.25) is 0 Å². The molecule has 0 bridgehead atoms. The minimum Gasteiger partial charge on any atom is -0.481 e. The smallest absolute Gasteiger partial charge is 0.308 e. The zero-order valence-corrected chi connectivity index (χ0v) is 27.5. The van der Waals surface area contributed by atoms with Crippen LogP contribution in [0.3, 0.4) is 0 Å². The van der Waals surface area contributed by atoms with Crippen LogP contribution in [-0.4, -0.2) is 86.4 Å². The Bertz CT molecular complexity index is 1280. The molecule has 1 aromatic heterocycles. The van der Waals surface area contributed by atoms with E-state index in [1.807, 2.05) is 25.7 Å². The van der Waals surface area contributed by atoms with E-state index in [1.54, 1.807) is 4.57 Å². The number of carbonyl (C=O) groups is 1. The maximum Gasteiger partial charge on any atom is 0.308 e. The zero-order chi connectivity index (χ0) is 31.3. The van der Waals surface area contributed by atoms with Gasteiger partial charge in [-0.2, -0.15) is 11.8 Å². The summed E-state index contributed by atoms with van der Waals surface area (Å²) in [5, 5.41) is 13.7. The number of piperidine rings is 1. The van der Waals surface area contributed by atoms with Crippen LogP contribution >= 0.6 is 11.8 Å². The lowest BCUT2D eigenvalue weighted by molar-refractivity contribution is -0.142. The quantitative estimate of drug-likeness (QED) is 0.430. The van der Waals surface area contributed by atoms with E-state index < -0.39 is 11.9 Å². The van der Waals surface area contributed by atoms with Gasteiger partial charge in [0.15, 0.2) is 0 Å². The number of nitrogens with one attached hydrogen (secondary N) is 1. The lowest BCUT2D eigenvalue weighted by atomic mass is 9.68. The molecule has 8 nitrogen and oxygen atoms in total.